The summed E-state index contributed by atoms with van der Waals surface area (Å²) in [4.78, 5) is 17.2. The lowest BCUT2D eigenvalue weighted by Crippen LogP contribution is -2.33. The molecule has 162 valence electrons. The molecule has 2 heterocycles. The van der Waals surface area contributed by atoms with Crippen molar-refractivity contribution in [2.75, 3.05) is 30.7 Å². The normalized spacial score (nSPS) is 16.1. The van der Waals surface area contributed by atoms with E-state index in [1.807, 2.05) is 49.4 Å². The highest BCUT2D eigenvalue weighted by Crippen LogP contribution is 2.26. The van der Waals surface area contributed by atoms with Crippen LogP contribution < -0.4 is 26.7 Å². The predicted octanol–water partition coefficient (Wildman–Crippen LogP) is 3.46. The van der Waals surface area contributed by atoms with Gasteiger partial charge in [-0.25, -0.2) is 4.98 Å². The van der Waals surface area contributed by atoms with E-state index in [2.05, 4.69) is 15.6 Å². The van der Waals surface area contributed by atoms with Crippen LogP contribution in [0.15, 0.2) is 53.5 Å². The molecule has 1 fully saturated rings. The Bertz CT molecular complexity index is 1100. The predicted molar refractivity (Wildman–Crippen MR) is 125 cm³/mol. The van der Waals surface area contributed by atoms with E-state index in [-0.39, 0.29) is 11.4 Å². The summed E-state index contributed by atoms with van der Waals surface area (Å²) in [5, 5.41) is 6.55. The molecule has 31 heavy (non-hydrogen) atoms. The van der Waals surface area contributed by atoms with Gasteiger partial charge in [-0.05, 0) is 62.2 Å². The van der Waals surface area contributed by atoms with Crippen molar-refractivity contribution in [2.45, 2.75) is 19.8 Å². The average Bonchev–Trinajstić information content (AvgIpc) is 2.79. The van der Waals surface area contributed by atoms with Crippen molar-refractivity contribution in [1.29, 1.82) is 0 Å². The number of hydrogen-bond donors (Lipinski definition) is 3. The molecule has 0 aliphatic carbocycles. The Labute approximate surface area is 182 Å². The highest BCUT2D eigenvalue weighted by molar-refractivity contribution is 5.71. The summed E-state index contributed by atoms with van der Waals surface area (Å²) in [5.41, 5.74) is 9.85. The zero-order valence-corrected chi connectivity index (χ0v) is 18.0. The molecular formula is C24H29N5O2. The molecule has 7 heteroatoms. The highest BCUT2D eigenvalue weighted by atomic mass is 16.5. The summed E-state index contributed by atoms with van der Waals surface area (Å²) in [6, 6.07) is 13.3. The number of nitrogens with one attached hydrogen (secondary N) is 2. The van der Waals surface area contributed by atoms with Crippen LogP contribution in [0.2, 0.25) is 0 Å². The first kappa shape index (κ1) is 20.9. The summed E-state index contributed by atoms with van der Waals surface area (Å²) >= 11 is 0. The minimum atomic E-state index is -0.199. The number of nitrogen functional groups attached to an aromatic ring is 1. The molecule has 1 aliphatic rings. The van der Waals surface area contributed by atoms with E-state index < -0.39 is 0 Å². The summed E-state index contributed by atoms with van der Waals surface area (Å²) in [6.07, 6.45) is 4.13. The molecule has 3 aromatic rings. The molecule has 0 amide bonds. The molecule has 2 aromatic carbocycles. The van der Waals surface area contributed by atoms with Crippen molar-refractivity contribution in [3.63, 3.8) is 0 Å². The van der Waals surface area contributed by atoms with Crippen LogP contribution in [-0.4, -0.2) is 29.2 Å². The van der Waals surface area contributed by atoms with Gasteiger partial charge in [-0.15, -0.1) is 0 Å². The summed E-state index contributed by atoms with van der Waals surface area (Å²) in [6.45, 7) is 4.77. The van der Waals surface area contributed by atoms with E-state index in [0.29, 0.717) is 23.9 Å². The maximum atomic E-state index is 12.6. The van der Waals surface area contributed by atoms with Crippen LogP contribution >= 0.6 is 0 Å². The highest BCUT2D eigenvalue weighted by Gasteiger charge is 2.14. The molecule has 0 bridgehead atoms. The summed E-state index contributed by atoms with van der Waals surface area (Å²) in [5.74, 6) is 1.64. The first-order valence-corrected chi connectivity index (χ1v) is 10.6. The van der Waals surface area contributed by atoms with Gasteiger partial charge < -0.3 is 25.7 Å². The molecule has 0 saturated carbocycles. The second-order valence-corrected chi connectivity index (χ2v) is 8.08. The number of aryl methyl sites for hydroxylation is 1. The first-order valence-electron chi connectivity index (χ1n) is 10.6. The number of piperidine rings is 1. The summed E-state index contributed by atoms with van der Waals surface area (Å²) in [7, 11) is 1.72. The monoisotopic (exact) mass is 419 g/mol. The number of nitrogens with zero attached hydrogens (tertiary/aromatic N) is 2. The van der Waals surface area contributed by atoms with Crippen LogP contribution in [0, 0.1) is 12.8 Å². The first-order chi connectivity index (χ1) is 15.0. The maximum absolute atomic E-state index is 12.6. The number of hydrogen-bond acceptors (Lipinski definition) is 6. The molecule has 1 atom stereocenters. The number of aromatic nitrogens is 2. The fourth-order valence-corrected chi connectivity index (χ4v) is 3.80. The molecule has 1 aromatic heterocycles. The molecule has 4 N–H and O–H groups in total. The minimum absolute atomic E-state index is 0.199. The Hall–Kier alpha value is -3.32. The molecular weight excluding hydrogens is 390 g/mol. The third-order valence-corrected chi connectivity index (χ3v) is 5.72. The van der Waals surface area contributed by atoms with Crippen LogP contribution in [-0.2, 0) is 7.05 Å². The van der Waals surface area contributed by atoms with Gasteiger partial charge >= 0.3 is 0 Å². The van der Waals surface area contributed by atoms with E-state index in [9.17, 15) is 4.79 Å². The fourth-order valence-electron chi connectivity index (χ4n) is 3.80. The molecule has 0 spiro atoms. The lowest BCUT2D eigenvalue weighted by atomic mass is 10.0. The molecule has 4 rings (SSSR count). The molecule has 7 nitrogen and oxygen atoms in total. The lowest BCUT2D eigenvalue weighted by molar-refractivity contribution is 0.218. The maximum Gasteiger partial charge on any atom is 0.293 e. The number of rotatable bonds is 6. The molecule has 0 radical (unpaired) electrons. The van der Waals surface area contributed by atoms with E-state index in [4.69, 9.17) is 10.5 Å². The Kier molecular flexibility index (Phi) is 6.23. The van der Waals surface area contributed by atoms with Gasteiger partial charge in [-0.2, -0.15) is 0 Å². The molecule has 1 aliphatic heterocycles. The quantitative estimate of drug-likeness (QED) is 0.530. The SMILES string of the molecule is Cc1c(N)cccc1-c1cn(C)c(=O)c(Nc2ccc(OCC3CCCNC3)cc2)n1. The third-order valence-electron chi connectivity index (χ3n) is 5.72. The van der Waals surface area contributed by atoms with Crippen molar-refractivity contribution >= 4 is 17.2 Å². The van der Waals surface area contributed by atoms with Crippen molar-refractivity contribution < 1.29 is 4.74 Å². The van der Waals surface area contributed by atoms with Gasteiger partial charge in [0.2, 0.25) is 0 Å². The average molecular weight is 420 g/mol. The van der Waals surface area contributed by atoms with Crippen LogP contribution in [0.25, 0.3) is 11.3 Å². The fraction of sp³-hybridized carbons (Fsp3) is 0.333. The standard InChI is InChI=1S/C24H29N5O2/c1-16-20(6-3-7-21(16)25)22-14-29(2)24(30)23(28-22)27-18-8-10-19(11-9-18)31-15-17-5-4-12-26-13-17/h3,6-11,14,17,26H,4-5,12-13,15,25H2,1-2H3,(H,27,28). The molecule has 1 saturated heterocycles. The smallest absolute Gasteiger partial charge is 0.293 e. The number of nitrogens with two attached hydrogens (primary N) is 1. The van der Waals surface area contributed by atoms with Crippen LogP contribution in [0.3, 0.4) is 0 Å². The van der Waals surface area contributed by atoms with Gasteiger partial charge in [0.25, 0.3) is 5.56 Å². The van der Waals surface area contributed by atoms with Gasteiger partial charge in [-0.1, -0.05) is 12.1 Å². The van der Waals surface area contributed by atoms with Gasteiger partial charge in [0.05, 0.1) is 12.3 Å². The second kappa shape index (κ2) is 9.22. The van der Waals surface area contributed by atoms with Gasteiger partial charge in [0.1, 0.15) is 5.75 Å². The topological polar surface area (TPSA) is 94.2 Å². The number of anilines is 3. The lowest BCUT2D eigenvalue weighted by Gasteiger charge is -2.22. The van der Waals surface area contributed by atoms with Crippen LogP contribution in [0.1, 0.15) is 18.4 Å². The Morgan fingerprint density at radius 2 is 2.06 bits per heavy atom. The van der Waals surface area contributed by atoms with Crippen LogP contribution in [0.4, 0.5) is 17.2 Å². The van der Waals surface area contributed by atoms with Gasteiger partial charge in [0.15, 0.2) is 5.82 Å². The van der Waals surface area contributed by atoms with Crippen molar-refractivity contribution in [3.05, 3.63) is 64.6 Å². The van der Waals surface area contributed by atoms with Gasteiger partial charge in [0, 0.05) is 42.6 Å². The van der Waals surface area contributed by atoms with Crippen molar-refractivity contribution in [2.24, 2.45) is 13.0 Å². The van der Waals surface area contributed by atoms with E-state index in [0.717, 1.165) is 35.7 Å². The van der Waals surface area contributed by atoms with Crippen LogP contribution in [0.5, 0.6) is 5.75 Å². The Morgan fingerprint density at radius 1 is 1.26 bits per heavy atom. The summed E-state index contributed by atoms with van der Waals surface area (Å²) < 4.78 is 7.46. The Balaban J connectivity index is 1.50. The zero-order valence-electron chi connectivity index (χ0n) is 18.0. The number of benzene rings is 2. The van der Waals surface area contributed by atoms with E-state index in [1.165, 1.54) is 17.4 Å². The van der Waals surface area contributed by atoms with Crippen molar-refractivity contribution in [1.82, 2.24) is 14.9 Å². The molecule has 1 unspecified atom stereocenters. The second-order valence-electron chi connectivity index (χ2n) is 8.08. The third kappa shape index (κ3) is 4.88. The van der Waals surface area contributed by atoms with Crippen molar-refractivity contribution in [3.8, 4) is 17.0 Å². The van der Waals surface area contributed by atoms with E-state index in [1.54, 1.807) is 13.2 Å². The minimum Gasteiger partial charge on any atom is -0.493 e. The van der Waals surface area contributed by atoms with E-state index >= 15 is 0 Å². The Morgan fingerprint density at radius 3 is 2.81 bits per heavy atom. The number of ether oxygens (including phenoxy) is 1. The largest absolute Gasteiger partial charge is 0.493 e. The zero-order chi connectivity index (χ0) is 21.8. The van der Waals surface area contributed by atoms with Gasteiger partial charge in [-0.3, -0.25) is 4.79 Å².